The van der Waals surface area contributed by atoms with Crippen molar-refractivity contribution in [3.05, 3.63) is 71.3 Å². The summed E-state index contributed by atoms with van der Waals surface area (Å²) in [6, 6.07) is 16.1. The van der Waals surface area contributed by atoms with Crippen molar-refractivity contribution in [2.45, 2.75) is 91.2 Å². The number of aromatic nitrogens is 6. The highest BCUT2D eigenvalue weighted by Gasteiger charge is 2.32. The van der Waals surface area contributed by atoms with Crippen LogP contribution in [0, 0.1) is 0 Å². The number of aryl methyl sites for hydroxylation is 1. The van der Waals surface area contributed by atoms with Crippen molar-refractivity contribution < 1.29 is 14.6 Å². The summed E-state index contributed by atoms with van der Waals surface area (Å²) in [5, 5.41) is 25.4. The quantitative estimate of drug-likeness (QED) is 0.127. The Hall–Kier alpha value is -3.85. The Morgan fingerprint density at radius 1 is 0.951 bits per heavy atom. The number of hydrogen-bond acceptors (Lipinski definition) is 7. The summed E-state index contributed by atoms with van der Waals surface area (Å²) in [5.74, 6) is 0.870. The van der Waals surface area contributed by atoms with Gasteiger partial charge < -0.3 is 14.4 Å². The summed E-state index contributed by atoms with van der Waals surface area (Å²) in [7, 11) is 0. The Morgan fingerprint density at radius 3 is 2.32 bits per heavy atom. The summed E-state index contributed by atoms with van der Waals surface area (Å²) in [6.45, 7) is 8.40. The van der Waals surface area contributed by atoms with Gasteiger partial charge in [0.25, 0.3) is 0 Å². The van der Waals surface area contributed by atoms with Crippen LogP contribution in [0.3, 0.4) is 0 Å². The van der Waals surface area contributed by atoms with Crippen LogP contribution < -0.4 is 0 Å². The van der Waals surface area contributed by atoms with Gasteiger partial charge in [-0.1, -0.05) is 94.5 Å². The molecule has 2 aromatic carbocycles. The van der Waals surface area contributed by atoms with Crippen LogP contribution in [-0.4, -0.2) is 47.9 Å². The van der Waals surface area contributed by atoms with Gasteiger partial charge in [0.15, 0.2) is 5.69 Å². The zero-order valence-electron chi connectivity index (χ0n) is 24.7. The van der Waals surface area contributed by atoms with Gasteiger partial charge in [-0.05, 0) is 48.6 Å². The molecule has 0 spiro atoms. The molecule has 0 saturated heterocycles. The van der Waals surface area contributed by atoms with Crippen LogP contribution in [0.4, 0.5) is 0 Å². The van der Waals surface area contributed by atoms with Crippen LogP contribution in [-0.2, 0) is 23.3 Å². The maximum atomic E-state index is 13.5. The second-order valence-corrected chi connectivity index (χ2v) is 11.0. The molecule has 0 atom stereocenters. The lowest BCUT2D eigenvalue weighted by Crippen LogP contribution is -2.23. The van der Waals surface area contributed by atoms with Crippen molar-refractivity contribution >= 4 is 5.97 Å². The van der Waals surface area contributed by atoms with Crippen LogP contribution in [0.2, 0.25) is 0 Å². The third kappa shape index (κ3) is 7.67. The molecule has 9 nitrogen and oxygen atoms in total. The van der Waals surface area contributed by atoms with Crippen molar-refractivity contribution in [1.82, 2.24) is 30.2 Å². The van der Waals surface area contributed by atoms with Crippen molar-refractivity contribution in [1.29, 1.82) is 0 Å². The summed E-state index contributed by atoms with van der Waals surface area (Å²) in [4.78, 5) is 18.2. The maximum absolute atomic E-state index is 13.5. The molecule has 2 N–H and O–H groups in total. The lowest BCUT2D eigenvalue weighted by atomic mass is 9.98. The second kappa shape index (κ2) is 14.2. The highest BCUT2D eigenvalue weighted by atomic mass is 16.5. The number of carbonyl (C=O) groups is 1. The molecule has 0 amide bonds. The monoisotopic (exact) mass is 558 g/mol. The number of nitrogens with one attached hydrogen (secondary N) is 1. The topological polar surface area (TPSA) is 119 Å². The number of ether oxygens (including phenoxy) is 1. The predicted octanol–water partition coefficient (Wildman–Crippen LogP) is 6.48. The van der Waals surface area contributed by atoms with E-state index in [2.05, 4.69) is 46.6 Å². The van der Waals surface area contributed by atoms with Gasteiger partial charge in [0.05, 0.1) is 6.61 Å². The minimum absolute atomic E-state index is 0.332. The smallest absolute Gasteiger partial charge is 0.357 e. The van der Waals surface area contributed by atoms with Gasteiger partial charge >= 0.3 is 5.97 Å². The number of rotatable bonds is 15. The number of esters is 1. The molecule has 2 heterocycles. The number of hydrogen-bond donors (Lipinski definition) is 2. The molecule has 0 fully saturated rings. The van der Waals surface area contributed by atoms with Gasteiger partial charge in [0.1, 0.15) is 17.1 Å². The molecule has 0 unspecified atom stereocenters. The van der Waals surface area contributed by atoms with E-state index in [9.17, 15) is 9.90 Å². The van der Waals surface area contributed by atoms with Gasteiger partial charge in [-0.15, -0.1) is 10.2 Å². The van der Waals surface area contributed by atoms with Crippen molar-refractivity contribution in [2.75, 3.05) is 6.61 Å². The summed E-state index contributed by atoms with van der Waals surface area (Å²) >= 11 is 0. The number of tetrazole rings is 1. The fraction of sp³-hybridized carbons (Fsp3) is 0.469. The summed E-state index contributed by atoms with van der Waals surface area (Å²) in [5.41, 5.74) is 3.32. The van der Waals surface area contributed by atoms with E-state index in [4.69, 9.17) is 9.72 Å². The van der Waals surface area contributed by atoms with E-state index in [0.29, 0.717) is 36.8 Å². The molecule has 0 aliphatic heterocycles. The van der Waals surface area contributed by atoms with E-state index < -0.39 is 11.6 Å². The second-order valence-electron chi connectivity index (χ2n) is 11.0. The maximum Gasteiger partial charge on any atom is 0.357 e. The molecule has 0 aliphatic carbocycles. The summed E-state index contributed by atoms with van der Waals surface area (Å²) < 4.78 is 7.65. The fourth-order valence-electron chi connectivity index (χ4n) is 5.01. The average Bonchev–Trinajstić information content (AvgIpc) is 3.62. The first kappa shape index (κ1) is 30.1. The number of carbonyl (C=O) groups excluding carboxylic acids is 1. The molecule has 0 radical (unpaired) electrons. The van der Waals surface area contributed by atoms with Gasteiger partial charge in [0, 0.05) is 18.5 Å². The van der Waals surface area contributed by atoms with Crippen LogP contribution in [0.5, 0.6) is 0 Å². The Bertz CT molecular complexity index is 1390. The molecule has 0 saturated carbocycles. The lowest BCUT2D eigenvalue weighted by Gasteiger charge is -2.18. The predicted molar refractivity (Wildman–Crippen MR) is 159 cm³/mol. The van der Waals surface area contributed by atoms with E-state index in [1.807, 2.05) is 41.0 Å². The van der Waals surface area contributed by atoms with Crippen LogP contribution in [0.1, 0.15) is 100 Å². The molecule has 218 valence electrons. The number of unbranched alkanes of at least 4 members (excludes halogenated alkanes) is 5. The van der Waals surface area contributed by atoms with Gasteiger partial charge in [-0.3, -0.25) is 0 Å². The van der Waals surface area contributed by atoms with E-state index in [-0.39, 0.29) is 0 Å². The summed E-state index contributed by atoms with van der Waals surface area (Å²) in [6.07, 6.45) is 8.21. The van der Waals surface area contributed by atoms with Crippen LogP contribution >= 0.6 is 0 Å². The van der Waals surface area contributed by atoms with E-state index in [1.165, 1.54) is 19.3 Å². The highest BCUT2D eigenvalue weighted by molar-refractivity contribution is 5.89. The number of aromatic amines is 1. The first-order valence-electron chi connectivity index (χ1n) is 14.7. The molecule has 41 heavy (non-hydrogen) atoms. The number of H-pyrrole nitrogens is 1. The minimum Gasteiger partial charge on any atom is -0.461 e. The first-order chi connectivity index (χ1) is 19.8. The van der Waals surface area contributed by atoms with Crippen LogP contribution in [0.25, 0.3) is 22.5 Å². The third-order valence-corrected chi connectivity index (χ3v) is 7.14. The van der Waals surface area contributed by atoms with Crippen molar-refractivity contribution in [3.8, 4) is 22.5 Å². The van der Waals surface area contributed by atoms with Crippen molar-refractivity contribution in [3.63, 3.8) is 0 Å². The van der Waals surface area contributed by atoms with Crippen LogP contribution in [0.15, 0.2) is 48.5 Å². The number of imidazole rings is 1. The number of aliphatic hydroxyl groups is 1. The van der Waals surface area contributed by atoms with Gasteiger partial charge in [-0.2, -0.15) is 5.21 Å². The van der Waals surface area contributed by atoms with Gasteiger partial charge in [0.2, 0.25) is 5.82 Å². The Kier molecular flexibility index (Phi) is 10.4. The van der Waals surface area contributed by atoms with Gasteiger partial charge in [-0.25, -0.2) is 9.78 Å². The van der Waals surface area contributed by atoms with E-state index >= 15 is 0 Å². The lowest BCUT2D eigenvalue weighted by molar-refractivity contribution is 0.0444. The number of benzene rings is 2. The molecule has 0 aliphatic rings. The minimum atomic E-state index is -1.29. The molecule has 9 heteroatoms. The Balaban J connectivity index is 1.58. The zero-order chi connectivity index (χ0) is 29.2. The molecule has 4 aromatic rings. The largest absolute Gasteiger partial charge is 0.461 e. The third-order valence-electron chi connectivity index (χ3n) is 7.14. The van der Waals surface area contributed by atoms with E-state index in [0.717, 1.165) is 53.8 Å². The first-order valence-corrected chi connectivity index (χ1v) is 14.7. The average molecular weight is 559 g/mol. The Labute approximate surface area is 242 Å². The zero-order valence-corrected chi connectivity index (χ0v) is 24.7. The van der Waals surface area contributed by atoms with E-state index in [1.54, 1.807) is 13.8 Å². The molecule has 4 rings (SSSR count). The molecular formula is C32H42N6O3. The Morgan fingerprint density at radius 2 is 1.66 bits per heavy atom. The molecule has 0 bridgehead atoms. The van der Waals surface area contributed by atoms with Crippen molar-refractivity contribution in [2.24, 2.45) is 0 Å². The molecule has 2 aromatic heterocycles. The number of nitrogens with zero attached hydrogens (tertiary/aromatic N) is 5. The SMILES string of the molecule is CCCCCCCCOC(=O)c1c(C(C)(C)O)nc(CCC)n1Cc1ccc(-c2ccccc2-c2nn[nH]n2)cc1. The normalized spacial score (nSPS) is 11.6. The highest BCUT2D eigenvalue weighted by Crippen LogP contribution is 2.31. The fourth-order valence-corrected chi connectivity index (χ4v) is 5.01. The standard InChI is InChI=1S/C32H42N6O3/c1-5-7-8-9-10-13-21-41-31(39)28-29(32(3,4)40)33-27(14-6-2)38(28)22-23-17-19-24(20-18-23)25-15-11-12-16-26(25)30-34-36-37-35-30/h11-12,15-20,40H,5-10,13-14,21-22H2,1-4H3,(H,34,35,36,37). The molecular weight excluding hydrogens is 516 g/mol.